The Hall–Kier alpha value is -3.36. The van der Waals surface area contributed by atoms with Crippen LogP contribution in [0.15, 0.2) is 42.6 Å². The highest BCUT2D eigenvalue weighted by Crippen LogP contribution is 2.33. The van der Waals surface area contributed by atoms with Crippen molar-refractivity contribution >= 4 is 40.6 Å². The molecule has 0 radical (unpaired) electrons. The number of ether oxygens (including phenoxy) is 1. The molecule has 8 nitrogen and oxygen atoms in total. The van der Waals surface area contributed by atoms with Crippen molar-refractivity contribution in [2.24, 2.45) is 0 Å². The van der Waals surface area contributed by atoms with E-state index in [1.54, 1.807) is 6.20 Å². The Labute approximate surface area is 223 Å². The monoisotopic (exact) mass is 522 g/mol. The van der Waals surface area contributed by atoms with Gasteiger partial charge in [0.25, 0.3) is 5.91 Å². The minimum atomic E-state index is -0.0925. The lowest BCUT2D eigenvalue weighted by molar-refractivity contribution is 0.0916. The number of likely N-dealkylation sites (tertiary alicyclic amines) is 1. The predicted octanol–water partition coefficient (Wildman–Crippen LogP) is 5.85. The summed E-state index contributed by atoms with van der Waals surface area (Å²) >= 11 is 6.39. The second kappa shape index (κ2) is 11.8. The summed E-state index contributed by atoms with van der Waals surface area (Å²) in [6.07, 6.45) is 3.37. The molecule has 0 aliphatic carbocycles. The molecule has 3 N–H and O–H groups in total. The number of aryl methyl sites for hydroxylation is 2. The molecule has 2 aromatic carbocycles. The van der Waals surface area contributed by atoms with Crippen molar-refractivity contribution in [3.63, 3.8) is 0 Å². The number of aromatic nitrogens is 2. The summed E-state index contributed by atoms with van der Waals surface area (Å²) in [6, 6.07) is 11.8. The number of hydrogen-bond donors (Lipinski definition) is 3. The zero-order valence-corrected chi connectivity index (χ0v) is 22.8. The average molecular weight is 523 g/mol. The van der Waals surface area contributed by atoms with Crippen molar-refractivity contribution in [2.75, 3.05) is 30.8 Å². The number of para-hydroxylation sites is 1. The van der Waals surface area contributed by atoms with Gasteiger partial charge in [-0.2, -0.15) is 4.98 Å². The number of hydrogen-bond acceptors (Lipinski definition) is 7. The number of carbonyl (C=O) groups excluding carboxylic acids is 1. The summed E-state index contributed by atoms with van der Waals surface area (Å²) in [4.78, 5) is 24.5. The van der Waals surface area contributed by atoms with Gasteiger partial charge in [0.1, 0.15) is 10.8 Å². The van der Waals surface area contributed by atoms with E-state index in [4.69, 9.17) is 16.3 Å². The third-order valence-corrected chi connectivity index (χ3v) is 6.65. The fourth-order valence-corrected chi connectivity index (χ4v) is 4.41. The van der Waals surface area contributed by atoms with Crippen LogP contribution in [0.25, 0.3) is 0 Å². The first-order valence-electron chi connectivity index (χ1n) is 12.6. The Morgan fingerprint density at radius 2 is 1.81 bits per heavy atom. The Morgan fingerprint density at radius 1 is 1.08 bits per heavy atom. The van der Waals surface area contributed by atoms with Gasteiger partial charge in [-0.05, 0) is 90.0 Å². The van der Waals surface area contributed by atoms with Gasteiger partial charge in [-0.3, -0.25) is 4.79 Å². The molecular weight excluding hydrogens is 488 g/mol. The number of nitrogens with one attached hydrogen (secondary N) is 3. The largest absolute Gasteiger partial charge is 0.489 e. The topological polar surface area (TPSA) is 91.4 Å². The minimum Gasteiger partial charge on any atom is -0.489 e. The number of amides is 1. The summed E-state index contributed by atoms with van der Waals surface area (Å²) in [6.45, 7) is 9.81. The van der Waals surface area contributed by atoms with E-state index < -0.39 is 0 Å². The van der Waals surface area contributed by atoms with Gasteiger partial charge in [-0.15, -0.1) is 0 Å². The van der Waals surface area contributed by atoms with Gasteiger partial charge in [-0.1, -0.05) is 29.8 Å². The standard InChI is InChI=1S/C28H35ClN6O2/c1-17(2)37-25-14-19(4)21(27(36)31-20-10-12-35(5)13-11-20)15-24(25)33-28-30-16-22(29)26(34-28)32-23-9-7-6-8-18(23)3/h6-9,14-17,20H,10-13H2,1-5H3,(H,31,36)(H2,30,32,33,34). The number of benzene rings is 2. The van der Waals surface area contributed by atoms with Crippen molar-refractivity contribution in [1.29, 1.82) is 0 Å². The molecule has 1 fully saturated rings. The van der Waals surface area contributed by atoms with Crippen LogP contribution in [0.2, 0.25) is 5.02 Å². The first-order valence-corrected chi connectivity index (χ1v) is 13.0. The molecule has 1 aliphatic rings. The van der Waals surface area contributed by atoms with E-state index in [1.807, 2.05) is 64.1 Å². The lowest BCUT2D eigenvalue weighted by Crippen LogP contribution is -2.43. The molecule has 4 rings (SSSR count). The lowest BCUT2D eigenvalue weighted by atomic mass is 10.0. The Kier molecular flexibility index (Phi) is 8.51. The molecule has 9 heteroatoms. The molecular formula is C28H35ClN6O2. The first kappa shape index (κ1) is 26.7. The van der Waals surface area contributed by atoms with Crippen LogP contribution in [0, 0.1) is 13.8 Å². The van der Waals surface area contributed by atoms with Crippen molar-refractivity contribution in [3.8, 4) is 5.75 Å². The van der Waals surface area contributed by atoms with Crippen molar-refractivity contribution in [1.82, 2.24) is 20.2 Å². The van der Waals surface area contributed by atoms with Gasteiger partial charge in [0.05, 0.1) is 18.0 Å². The van der Waals surface area contributed by atoms with E-state index in [2.05, 4.69) is 37.9 Å². The smallest absolute Gasteiger partial charge is 0.251 e. The van der Waals surface area contributed by atoms with Gasteiger partial charge in [0.15, 0.2) is 5.82 Å². The van der Waals surface area contributed by atoms with Crippen LogP contribution in [0.4, 0.5) is 23.1 Å². The number of halogens is 1. The van der Waals surface area contributed by atoms with Crippen LogP contribution in [-0.4, -0.2) is 53.1 Å². The maximum absolute atomic E-state index is 13.2. The molecule has 1 saturated heterocycles. The SMILES string of the molecule is Cc1ccccc1Nc1nc(Nc2cc(C(=O)NC3CCN(C)CC3)c(C)cc2OC(C)C)ncc1Cl. The predicted molar refractivity (Wildman–Crippen MR) is 150 cm³/mol. The van der Waals surface area contributed by atoms with Gasteiger partial charge in [0.2, 0.25) is 5.95 Å². The van der Waals surface area contributed by atoms with E-state index in [-0.39, 0.29) is 18.1 Å². The van der Waals surface area contributed by atoms with Gasteiger partial charge in [-0.25, -0.2) is 4.98 Å². The molecule has 1 aromatic heterocycles. The second-order valence-corrected chi connectivity index (χ2v) is 10.2. The third-order valence-electron chi connectivity index (χ3n) is 6.38. The summed E-state index contributed by atoms with van der Waals surface area (Å²) < 4.78 is 6.06. The summed E-state index contributed by atoms with van der Waals surface area (Å²) in [5.74, 6) is 1.34. The van der Waals surface area contributed by atoms with Crippen LogP contribution in [0.3, 0.4) is 0 Å². The fraction of sp³-hybridized carbons (Fsp3) is 0.393. The summed E-state index contributed by atoms with van der Waals surface area (Å²) in [5, 5.41) is 10.1. The first-order chi connectivity index (χ1) is 17.7. The van der Waals surface area contributed by atoms with E-state index in [9.17, 15) is 4.79 Å². The van der Waals surface area contributed by atoms with Crippen LogP contribution >= 0.6 is 11.6 Å². The highest BCUT2D eigenvalue weighted by Gasteiger charge is 2.22. The molecule has 0 bridgehead atoms. The van der Waals surface area contributed by atoms with Crippen LogP contribution in [0.1, 0.15) is 48.2 Å². The van der Waals surface area contributed by atoms with Crippen molar-refractivity contribution < 1.29 is 9.53 Å². The normalized spacial score (nSPS) is 14.5. The third kappa shape index (κ3) is 6.90. The average Bonchev–Trinajstić information content (AvgIpc) is 2.85. The highest BCUT2D eigenvalue weighted by atomic mass is 35.5. The van der Waals surface area contributed by atoms with Gasteiger partial charge < -0.3 is 25.6 Å². The number of piperidine rings is 1. The fourth-order valence-electron chi connectivity index (χ4n) is 4.27. The molecule has 0 unspecified atom stereocenters. The van der Waals surface area contributed by atoms with Crippen LogP contribution in [-0.2, 0) is 0 Å². The van der Waals surface area contributed by atoms with Crippen LogP contribution in [0.5, 0.6) is 5.75 Å². The minimum absolute atomic E-state index is 0.0525. The van der Waals surface area contributed by atoms with E-state index in [1.165, 1.54) is 0 Å². The number of anilines is 4. The van der Waals surface area contributed by atoms with Crippen molar-refractivity contribution in [3.05, 3.63) is 64.3 Å². The molecule has 1 amide bonds. The molecule has 196 valence electrons. The summed E-state index contributed by atoms with van der Waals surface area (Å²) in [5.41, 5.74) is 4.01. The number of nitrogens with zero attached hydrogens (tertiary/aromatic N) is 3. The highest BCUT2D eigenvalue weighted by molar-refractivity contribution is 6.32. The zero-order chi connectivity index (χ0) is 26.5. The molecule has 3 aromatic rings. The van der Waals surface area contributed by atoms with Crippen molar-refractivity contribution in [2.45, 2.75) is 52.7 Å². The maximum Gasteiger partial charge on any atom is 0.251 e. The number of carbonyl (C=O) groups is 1. The van der Waals surface area contributed by atoms with Gasteiger partial charge >= 0.3 is 0 Å². The molecule has 0 saturated carbocycles. The molecule has 0 spiro atoms. The quantitative estimate of drug-likeness (QED) is 0.342. The lowest BCUT2D eigenvalue weighted by Gasteiger charge is -2.29. The molecule has 0 atom stereocenters. The van der Waals surface area contributed by atoms with Gasteiger partial charge in [0, 0.05) is 17.3 Å². The van der Waals surface area contributed by atoms with E-state index in [0.717, 1.165) is 42.7 Å². The molecule has 2 heterocycles. The zero-order valence-electron chi connectivity index (χ0n) is 22.1. The second-order valence-electron chi connectivity index (χ2n) is 9.84. The number of rotatable bonds is 8. The summed E-state index contributed by atoms with van der Waals surface area (Å²) in [7, 11) is 2.11. The Balaban J connectivity index is 1.61. The van der Waals surface area contributed by atoms with E-state index >= 15 is 0 Å². The Bertz CT molecular complexity index is 1260. The molecule has 1 aliphatic heterocycles. The maximum atomic E-state index is 13.2. The van der Waals surface area contributed by atoms with E-state index in [0.29, 0.717) is 33.8 Å². The molecule has 37 heavy (non-hydrogen) atoms. The van der Waals surface area contributed by atoms with Crippen LogP contribution < -0.4 is 20.7 Å². The Morgan fingerprint density at radius 3 is 2.51 bits per heavy atom.